The number of imide groups is 1. The summed E-state index contributed by atoms with van der Waals surface area (Å²) in [5, 5.41) is 3.24. The summed E-state index contributed by atoms with van der Waals surface area (Å²) < 4.78 is 0. The summed E-state index contributed by atoms with van der Waals surface area (Å²) in [5.41, 5.74) is 10.9. The lowest BCUT2D eigenvalue weighted by atomic mass is 9.90. The van der Waals surface area contributed by atoms with Crippen LogP contribution in [-0.2, 0) is 12.8 Å². The highest BCUT2D eigenvalue weighted by atomic mass is 127. The molecular weight excluding hydrogens is 491 g/mol. The summed E-state index contributed by atoms with van der Waals surface area (Å²) in [6.07, 6.45) is 6.10. The number of nitrogens with one attached hydrogen (secondary N) is 1. The predicted octanol–water partition coefficient (Wildman–Crippen LogP) is 3.99. The van der Waals surface area contributed by atoms with Crippen molar-refractivity contribution in [3.8, 4) is 0 Å². The first-order valence-electron chi connectivity index (χ1n) is 10.3. The van der Waals surface area contributed by atoms with Gasteiger partial charge in [-0.15, -0.1) is 24.0 Å². The van der Waals surface area contributed by atoms with Crippen molar-refractivity contribution in [2.75, 3.05) is 18.4 Å². The van der Waals surface area contributed by atoms with Gasteiger partial charge in [-0.2, -0.15) is 0 Å². The van der Waals surface area contributed by atoms with Crippen molar-refractivity contribution in [1.29, 1.82) is 0 Å². The molecule has 1 aliphatic carbocycles. The van der Waals surface area contributed by atoms with E-state index in [1.807, 2.05) is 0 Å². The highest BCUT2D eigenvalue weighted by Crippen LogP contribution is 2.27. The molecular formula is C23H27IN4O2. The summed E-state index contributed by atoms with van der Waals surface area (Å²) in [7, 11) is 0. The van der Waals surface area contributed by atoms with Crippen molar-refractivity contribution in [3.63, 3.8) is 0 Å². The maximum Gasteiger partial charge on any atom is 0.261 e. The van der Waals surface area contributed by atoms with Crippen LogP contribution in [0.2, 0.25) is 0 Å². The van der Waals surface area contributed by atoms with Crippen LogP contribution in [0.25, 0.3) is 0 Å². The molecule has 0 spiro atoms. The molecule has 0 saturated heterocycles. The van der Waals surface area contributed by atoms with E-state index in [1.54, 1.807) is 24.3 Å². The van der Waals surface area contributed by atoms with E-state index >= 15 is 0 Å². The number of aliphatic imine (C=N–C) groups is 1. The number of aryl methyl sites for hydroxylation is 1. The number of hydrogen-bond acceptors (Lipinski definition) is 3. The summed E-state index contributed by atoms with van der Waals surface area (Å²) in [5.74, 6) is -0.00188. The number of amides is 2. The lowest BCUT2D eigenvalue weighted by molar-refractivity contribution is 0.0652. The Morgan fingerprint density at radius 2 is 1.67 bits per heavy atom. The van der Waals surface area contributed by atoms with E-state index in [9.17, 15) is 9.59 Å². The number of carbonyl (C=O) groups is 2. The zero-order valence-electron chi connectivity index (χ0n) is 16.9. The van der Waals surface area contributed by atoms with Gasteiger partial charge < -0.3 is 11.1 Å². The summed E-state index contributed by atoms with van der Waals surface area (Å²) in [6, 6.07) is 13.3. The smallest absolute Gasteiger partial charge is 0.261 e. The molecule has 7 heteroatoms. The molecule has 158 valence electrons. The van der Waals surface area contributed by atoms with Crippen LogP contribution in [-0.4, -0.2) is 35.8 Å². The van der Waals surface area contributed by atoms with E-state index < -0.39 is 0 Å². The molecule has 4 rings (SSSR count). The molecule has 2 aliphatic rings. The maximum absolute atomic E-state index is 12.3. The zero-order chi connectivity index (χ0) is 20.2. The Morgan fingerprint density at radius 1 is 0.967 bits per heavy atom. The number of unbranched alkanes of at least 4 members (excludes halogenated alkanes) is 1. The SMILES string of the molecule is I.NC(=NCCCCN1C(=O)c2ccccc2C1=O)Nc1cccc2c1CCCC2. The lowest BCUT2D eigenvalue weighted by Gasteiger charge is -2.19. The molecule has 30 heavy (non-hydrogen) atoms. The summed E-state index contributed by atoms with van der Waals surface area (Å²) >= 11 is 0. The Hall–Kier alpha value is -2.42. The third-order valence-electron chi connectivity index (χ3n) is 5.61. The number of fused-ring (bicyclic) bond motifs is 2. The van der Waals surface area contributed by atoms with Gasteiger partial charge in [-0.05, 0) is 67.9 Å². The maximum atomic E-state index is 12.3. The van der Waals surface area contributed by atoms with Crippen molar-refractivity contribution in [2.45, 2.75) is 38.5 Å². The number of rotatable bonds is 6. The van der Waals surface area contributed by atoms with Gasteiger partial charge in [0, 0.05) is 18.8 Å². The third-order valence-corrected chi connectivity index (χ3v) is 5.61. The molecule has 0 fully saturated rings. The molecule has 3 N–H and O–H groups in total. The van der Waals surface area contributed by atoms with E-state index in [0.717, 1.165) is 24.9 Å². The van der Waals surface area contributed by atoms with Crippen molar-refractivity contribution >= 4 is 47.4 Å². The fraction of sp³-hybridized carbons (Fsp3) is 0.348. The Kier molecular flexibility index (Phi) is 7.47. The second-order valence-corrected chi connectivity index (χ2v) is 7.56. The van der Waals surface area contributed by atoms with Crippen molar-refractivity contribution < 1.29 is 9.59 Å². The third kappa shape index (κ3) is 4.66. The van der Waals surface area contributed by atoms with Gasteiger partial charge in [-0.1, -0.05) is 24.3 Å². The second kappa shape index (κ2) is 10.1. The van der Waals surface area contributed by atoms with E-state index in [-0.39, 0.29) is 35.8 Å². The van der Waals surface area contributed by atoms with Crippen LogP contribution in [0.3, 0.4) is 0 Å². The van der Waals surface area contributed by atoms with Gasteiger partial charge >= 0.3 is 0 Å². The average Bonchev–Trinajstić information content (AvgIpc) is 2.99. The normalized spacial score (nSPS) is 15.5. The number of anilines is 1. The topological polar surface area (TPSA) is 87.8 Å². The molecule has 1 heterocycles. The first kappa shape index (κ1) is 22.3. The molecule has 0 bridgehead atoms. The monoisotopic (exact) mass is 518 g/mol. The first-order valence-corrected chi connectivity index (χ1v) is 10.3. The quantitative estimate of drug-likeness (QED) is 0.199. The van der Waals surface area contributed by atoms with Crippen LogP contribution >= 0.6 is 24.0 Å². The molecule has 1 aliphatic heterocycles. The van der Waals surface area contributed by atoms with Crippen molar-refractivity contribution in [1.82, 2.24) is 4.90 Å². The average molecular weight is 518 g/mol. The minimum atomic E-state index is -0.205. The van der Waals surface area contributed by atoms with E-state index in [1.165, 1.54) is 28.9 Å². The fourth-order valence-electron chi connectivity index (χ4n) is 4.10. The Morgan fingerprint density at radius 3 is 2.40 bits per heavy atom. The summed E-state index contributed by atoms with van der Waals surface area (Å²) in [6.45, 7) is 0.957. The lowest BCUT2D eigenvalue weighted by Crippen LogP contribution is -2.30. The number of nitrogens with two attached hydrogens (primary N) is 1. The highest BCUT2D eigenvalue weighted by molar-refractivity contribution is 14.0. The standard InChI is InChI=1S/C23H26N4O2.HI/c24-23(26-20-13-7-9-16-8-1-2-10-17(16)20)25-14-5-6-15-27-21(28)18-11-3-4-12-19(18)22(27)29;/h3-4,7,9,11-13H,1-2,5-6,8,10,14-15H2,(H3,24,25,26);1H. The van der Waals surface area contributed by atoms with E-state index in [2.05, 4.69) is 28.5 Å². The van der Waals surface area contributed by atoms with Gasteiger partial charge in [-0.3, -0.25) is 19.5 Å². The molecule has 0 saturated carbocycles. The number of hydrogen-bond donors (Lipinski definition) is 2. The number of benzene rings is 2. The number of carbonyl (C=O) groups excluding carboxylic acids is 2. The number of nitrogens with zero attached hydrogens (tertiary/aromatic N) is 2. The molecule has 0 unspecified atom stereocenters. The van der Waals surface area contributed by atoms with Gasteiger partial charge in [0.25, 0.3) is 11.8 Å². The van der Waals surface area contributed by atoms with Crippen LogP contribution < -0.4 is 11.1 Å². The molecule has 2 aromatic carbocycles. The Balaban J connectivity index is 0.00000256. The van der Waals surface area contributed by atoms with Crippen molar-refractivity contribution in [3.05, 3.63) is 64.7 Å². The molecule has 0 atom stereocenters. The van der Waals surface area contributed by atoms with E-state index in [0.29, 0.717) is 36.6 Å². The predicted molar refractivity (Wildman–Crippen MR) is 130 cm³/mol. The minimum Gasteiger partial charge on any atom is -0.370 e. The molecule has 0 aromatic heterocycles. The van der Waals surface area contributed by atoms with E-state index in [4.69, 9.17) is 5.73 Å². The number of guanidine groups is 1. The van der Waals surface area contributed by atoms with Crippen LogP contribution in [0.1, 0.15) is 57.5 Å². The van der Waals surface area contributed by atoms with Gasteiger partial charge in [0.2, 0.25) is 0 Å². The van der Waals surface area contributed by atoms with Crippen LogP contribution in [0.5, 0.6) is 0 Å². The van der Waals surface area contributed by atoms with Gasteiger partial charge in [0.05, 0.1) is 11.1 Å². The molecule has 0 radical (unpaired) electrons. The second-order valence-electron chi connectivity index (χ2n) is 7.56. The van der Waals surface area contributed by atoms with Crippen LogP contribution in [0, 0.1) is 0 Å². The van der Waals surface area contributed by atoms with Crippen LogP contribution in [0.15, 0.2) is 47.5 Å². The molecule has 2 aromatic rings. The van der Waals surface area contributed by atoms with Gasteiger partial charge in [-0.25, -0.2) is 0 Å². The summed E-state index contributed by atoms with van der Waals surface area (Å²) in [4.78, 5) is 30.4. The Bertz CT molecular complexity index is 938. The van der Waals surface area contributed by atoms with Gasteiger partial charge in [0.15, 0.2) is 5.96 Å². The van der Waals surface area contributed by atoms with Gasteiger partial charge in [0.1, 0.15) is 0 Å². The highest BCUT2D eigenvalue weighted by Gasteiger charge is 2.34. The minimum absolute atomic E-state index is 0. The van der Waals surface area contributed by atoms with Crippen molar-refractivity contribution in [2.24, 2.45) is 10.7 Å². The first-order chi connectivity index (χ1) is 14.1. The Labute approximate surface area is 194 Å². The largest absolute Gasteiger partial charge is 0.370 e. The molecule has 6 nitrogen and oxygen atoms in total. The molecule has 2 amide bonds. The fourth-order valence-corrected chi connectivity index (χ4v) is 4.10. The zero-order valence-corrected chi connectivity index (χ0v) is 19.2. The number of halogens is 1. The van der Waals surface area contributed by atoms with Crippen LogP contribution in [0.4, 0.5) is 5.69 Å².